The summed E-state index contributed by atoms with van der Waals surface area (Å²) in [6, 6.07) is 6.07. The van der Waals surface area contributed by atoms with E-state index in [2.05, 4.69) is 28.1 Å². The Morgan fingerprint density at radius 3 is 3.04 bits per heavy atom. The van der Waals surface area contributed by atoms with E-state index in [-0.39, 0.29) is 0 Å². The maximum atomic E-state index is 6.08. The first-order valence-corrected chi connectivity index (χ1v) is 10.1. The van der Waals surface area contributed by atoms with Gasteiger partial charge in [-0.15, -0.1) is 0 Å². The minimum Gasteiger partial charge on any atom is -0.376 e. The zero-order valence-electron chi connectivity index (χ0n) is 16.4. The average molecular weight is 370 g/mol. The van der Waals surface area contributed by atoms with Gasteiger partial charge in [-0.25, -0.2) is 0 Å². The molecule has 27 heavy (non-hydrogen) atoms. The summed E-state index contributed by atoms with van der Waals surface area (Å²) in [6.45, 7) is 10.4. The molecule has 0 spiro atoms. The van der Waals surface area contributed by atoms with Crippen molar-refractivity contribution in [1.29, 1.82) is 0 Å². The standard InChI is InChI=1S/C21H30N4O2/c1-3-25-11-17(9-22-25)10-24-12-20-18(14-27-21(20)13-24)7-8-26-15-19-6-4-5-16(2)23-19/h4-6,9,11,18,20-21H,3,7-8,10,12-15H2,1-2H3/t18-,20-,21-/m1/s1. The maximum Gasteiger partial charge on any atom is 0.0887 e. The summed E-state index contributed by atoms with van der Waals surface area (Å²) in [5.41, 5.74) is 3.34. The Labute approximate surface area is 161 Å². The molecule has 4 rings (SSSR count). The highest BCUT2D eigenvalue weighted by molar-refractivity contribution is 5.09. The van der Waals surface area contributed by atoms with Crippen LogP contribution in [0, 0.1) is 18.8 Å². The first-order valence-electron chi connectivity index (χ1n) is 10.1. The van der Waals surface area contributed by atoms with Crippen molar-refractivity contribution in [1.82, 2.24) is 19.7 Å². The van der Waals surface area contributed by atoms with Crippen molar-refractivity contribution in [3.8, 4) is 0 Å². The highest BCUT2D eigenvalue weighted by Crippen LogP contribution is 2.36. The summed E-state index contributed by atoms with van der Waals surface area (Å²) in [6.07, 6.45) is 5.59. The van der Waals surface area contributed by atoms with Gasteiger partial charge in [0.2, 0.25) is 0 Å². The van der Waals surface area contributed by atoms with Crippen LogP contribution < -0.4 is 0 Å². The monoisotopic (exact) mass is 370 g/mol. The molecule has 0 unspecified atom stereocenters. The molecular formula is C21H30N4O2. The van der Waals surface area contributed by atoms with E-state index >= 15 is 0 Å². The summed E-state index contributed by atoms with van der Waals surface area (Å²) >= 11 is 0. The summed E-state index contributed by atoms with van der Waals surface area (Å²) in [7, 11) is 0. The van der Waals surface area contributed by atoms with Gasteiger partial charge in [-0.2, -0.15) is 5.10 Å². The van der Waals surface area contributed by atoms with E-state index in [1.165, 1.54) is 5.56 Å². The van der Waals surface area contributed by atoms with Gasteiger partial charge >= 0.3 is 0 Å². The number of hydrogen-bond acceptors (Lipinski definition) is 5. The fourth-order valence-corrected chi connectivity index (χ4v) is 4.32. The minimum absolute atomic E-state index is 0.384. The highest BCUT2D eigenvalue weighted by Gasteiger charge is 2.43. The number of ether oxygens (including phenoxy) is 2. The molecule has 0 amide bonds. The number of rotatable bonds is 8. The number of fused-ring (bicyclic) bond motifs is 1. The van der Waals surface area contributed by atoms with E-state index in [1.54, 1.807) is 0 Å². The van der Waals surface area contributed by atoms with E-state index in [0.717, 1.165) is 57.2 Å². The van der Waals surface area contributed by atoms with Gasteiger partial charge in [-0.05, 0) is 38.3 Å². The molecule has 146 valence electrons. The Balaban J connectivity index is 1.21. The van der Waals surface area contributed by atoms with Crippen LogP contribution in [0.1, 0.15) is 30.3 Å². The van der Waals surface area contributed by atoms with Crippen molar-refractivity contribution in [3.05, 3.63) is 47.5 Å². The maximum absolute atomic E-state index is 6.08. The smallest absolute Gasteiger partial charge is 0.0887 e. The molecule has 2 aliphatic rings. The van der Waals surface area contributed by atoms with Crippen molar-refractivity contribution < 1.29 is 9.47 Å². The predicted molar refractivity (Wildman–Crippen MR) is 103 cm³/mol. The first-order chi connectivity index (χ1) is 13.2. The molecule has 0 radical (unpaired) electrons. The SMILES string of the molecule is CCn1cc(CN2C[C@@H]3[C@H](CCOCc4cccc(C)n4)CO[C@@H]3C2)cn1. The molecule has 0 aliphatic carbocycles. The van der Waals surface area contributed by atoms with Crippen LogP contribution in [-0.2, 0) is 29.2 Å². The molecule has 0 N–H and O–H groups in total. The molecule has 6 heteroatoms. The number of hydrogen-bond donors (Lipinski definition) is 0. The first kappa shape index (κ1) is 18.6. The fourth-order valence-electron chi connectivity index (χ4n) is 4.32. The van der Waals surface area contributed by atoms with E-state index < -0.39 is 0 Å². The van der Waals surface area contributed by atoms with Crippen LogP contribution >= 0.6 is 0 Å². The third-order valence-corrected chi connectivity index (χ3v) is 5.76. The average Bonchev–Trinajstić information content (AvgIpc) is 3.36. The van der Waals surface area contributed by atoms with Gasteiger partial charge in [0.25, 0.3) is 0 Å². The number of aryl methyl sites for hydroxylation is 2. The van der Waals surface area contributed by atoms with Gasteiger partial charge in [0.05, 0.1) is 31.2 Å². The number of likely N-dealkylation sites (tertiary alicyclic amines) is 1. The van der Waals surface area contributed by atoms with E-state index in [9.17, 15) is 0 Å². The molecule has 2 fully saturated rings. The largest absolute Gasteiger partial charge is 0.376 e. The van der Waals surface area contributed by atoms with E-state index in [4.69, 9.17) is 9.47 Å². The molecule has 3 atom stereocenters. The molecule has 0 bridgehead atoms. The summed E-state index contributed by atoms with van der Waals surface area (Å²) in [4.78, 5) is 7.00. The third kappa shape index (κ3) is 4.57. The number of nitrogens with zero attached hydrogens (tertiary/aromatic N) is 4. The lowest BCUT2D eigenvalue weighted by Crippen LogP contribution is -2.24. The van der Waals surface area contributed by atoms with Crippen LogP contribution in [0.2, 0.25) is 0 Å². The lowest BCUT2D eigenvalue weighted by Gasteiger charge is -2.19. The van der Waals surface area contributed by atoms with Crippen molar-refractivity contribution >= 4 is 0 Å². The van der Waals surface area contributed by atoms with Gasteiger partial charge in [0.1, 0.15) is 0 Å². The Bertz CT molecular complexity index is 747. The molecular weight excluding hydrogens is 340 g/mol. The highest BCUT2D eigenvalue weighted by atomic mass is 16.5. The summed E-state index contributed by atoms with van der Waals surface area (Å²) < 4.78 is 14.0. The van der Waals surface area contributed by atoms with Crippen molar-refractivity contribution in [2.75, 3.05) is 26.3 Å². The molecule has 0 aromatic carbocycles. The topological polar surface area (TPSA) is 52.4 Å². The van der Waals surface area contributed by atoms with E-state index in [0.29, 0.717) is 24.5 Å². The molecule has 6 nitrogen and oxygen atoms in total. The van der Waals surface area contributed by atoms with E-state index in [1.807, 2.05) is 36.0 Å². The van der Waals surface area contributed by atoms with Crippen LogP contribution in [0.15, 0.2) is 30.6 Å². The second-order valence-corrected chi connectivity index (χ2v) is 7.81. The van der Waals surface area contributed by atoms with Gasteiger partial charge in [0, 0.05) is 56.2 Å². The van der Waals surface area contributed by atoms with Crippen LogP contribution in [-0.4, -0.2) is 52.1 Å². The summed E-state index contributed by atoms with van der Waals surface area (Å²) in [5.74, 6) is 1.23. The summed E-state index contributed by atoms with van der Waals surface area (Å²) in [5, 5.41) is 4.38. The third-order valence-electron chi connectivity index (χ3n) is 5.76. The van der Waals surface area contributed by atoms with Gasteiger partial charge in [-0.1, -0.05) is 6.07 Å². The second-order valence-electron chi connectivity index (χ2n) is 7.81. The van der Waals surface area contributed by atoms with Crippen molar-refractivity contribution in [2.24, 2.45) is 11.8 Å². The molecule has 2 aliphatic heterocycles. The zero-order chi connectivity index (χ0) is 18.6. The van der Waals surface area contributed by atoms with Crippen molar-refractivity contribution in [3.63, 3.8) is 0 Å². The normalized spacial score (nSPS) is 25.2. The Kier molecular flexibility index (Phi) is 5.86. The Morgan fingerprint density at radius 1 is 1.30 bits per heavy atom. The fraction of sp³-hybridized carbons (Fsp3) is 0.619. The van der Waals surface area contributed by atoms with Crippen LogP contribution in [0.3, 0.4) is 0 Å². The van der Waals surface area contributed by atoms with Crippen LogP contribution in [0.25, 0.3) is 0 Å². The molecule has 0 saturated carbocycles. The molecule has 2 aromatic rings. The molecule has 2 aromatic heterocycles. The van der Waals surface area contributed by atoms with Crippen molar-refractivity contribution in [2.45, 2.75) is 46.1 Å². The zero-order valence-corrected chi connectivity index (χ0v) is 16.4. The molecule has 2 saturated heterocycles. The second kappa shape index (κ2) is 8.50. The van der Waals surface area contributed by atoms with Crippen LogP contribution in [0.4, 0.5) is 0 Å². The van der Waals surface area contributed by atoms with Crippen LogP contribution in [0.5, 0.6) is 0 Å². The Hall–Kier alpha value is -1.76. The van der Waals surface area contributed by atoms with Gasteiger partial charge in [0.15, 0.2) is 0 Å². The lowest BCUT2D eigenvalue weighted by molar-refractivity contribution is 0.0810. The minimum atomic E-state index is 0.384. The Morgan fingerprint density at radius 2 is 2.22 bits per heavy atom. The van der Waals surface area contributed by atoms with Gasteiger partial charge < -0.3 is 9.47 Å². The quantitative estimate of drug-likeness (QED) is 0.669. The lowest BCUT2D eigenvalue weighted by atomic mass is 9.91. The molecule has 4 heterocycles. The number of pyridine rings is 1. The number of aromatic nitrogens is 3. The van der Waals surface area contributed by atoms with Gasteiger partial charge in [-0.3, -0.25) is 14.6 Å². The predicted octanol–water partition coefficient (Wildman–Crippen LogP) is 2.66.